The molecular weight excluding hydrogens is 284 g/mol. The third-order valence-electron chi connectivity index (χ3n) is 3.32. The average Bonchev–Trinajstić information content (AvgIpc) is 3.00. The Morgan fingerprint density at radius 1 is 1.32 bits per heavy atom. The zero-order chi connectivity index (χ0) is 15.5. The van der Waals surface area contributed by atoms with Crippen LogP contribution in [-0.4, -0.2) is 37.0 Å². The Kier molecular flexibility index (Phi) is 3.88. The van der Waals surface area contributed by atoms with Crippen molar-refractivity contribution in [3.63, 3.8) is 0 Å². The van der Waals surface area contributed by atoms with Gasteiger partial charge in [-0.05, 0) is 19.1 Å². The van der Waals surface area contributed by atoms with Gasteiger partial charge in [-0.25, -0.2) is 0 Å². The van der Waals surface area contributed by atoms with Gasteiger partial charge in [0.1, 0.15) is 24.8 Å². The highest BCUT2D eigenvalue weighted by atomic mass is 16.5. The van der Waals surface area contributed by atoms with Gasteiger partial charge in [0.15, 0.2) is 0 Å². The van der Waals surface area contributed by atoms with Gasteiger partial charge in [0, 0.05) is 11.8 Å². The topological polar surface area (TPSA) is 81.7 Å². The summed E-state index contributed by atoms with van der Waals surface area (Å²) in [6.45, 7) is 2.21. The van der Waals surface area contributed by atoms with Crippen molar-refractivity contribution in [1.29, 1.82) is 0 Å². The Labute approximate surface area is 126 Å². The van der Waals surface area contributed by atoms with E-state index in [1.165, 1.54) is 16.9 Å². The van der Waals surface area contributed by atoms with E-state index >= 15 is 0 Å². The summed E-state index contributed by atoms with van der Waals surface area (Å²) in [6, 6.07) is 10.8. The lowest BCUT2D eigenvalue weighted by Crippen LogP contribution is -2.28. The second kappa shape index (κ2) is 5.98. The Balaban J connectivity index is 1.75. The maximum atomic E-state index is 11.8. The van der Waals surface area contributed by atoms with Gasteiger partial charge in [0.25, 0.3) is 5.56 Å². The molecule has 0 saturated carbocycles. The lowest BCUT2D eigenvalue weighted by Gasteiger charge is -2.16. The zero-order valence-electron chi connectivity index (χ0n) is 12.1. The predicted octanol–water partition coefficient (Wildman–Crippen LogP) is 0.639. The van der Waals surface area contributed by atoms with Crippen molar-refractivity contribution in [1.82, 2.24) is 19.2 Å². The summed E-state index contributed by atoms with van der Waals surface area (Å²) in [5, 5.41) is 14.1. The van der Waals surface area contributed by atoms with Crippen LogP contribution in [-0.2, 0) is 6.54 Å². The van der Waals surface area contributed by atoms with Crippen molar-refractivity contribution in [2.24, 2.45) is 0 Å². The molecule has 114 valence electrons. The maximum Gasteiger partial charge on any atom is 0.275 e. The Bertz CT molecular complexity index is 826. The summed E-state index contributed by atoms with van der Waals surface area (Å²) < 4.78 is 8.48. The molecule has 22 heavy (non-hydrogen) atoms. The van der Waals surface area contributed by atoms with Crippen molar-refractivity contribution >= 4 is 5.78 Å². The van der Waals surface area contributed by atoms with Gasteiger partial charge < -0.3 is 14.4 Å². The Hall–Kier alpha value is -2.67. The molecule has 3 aromatic rings. The minimum Gasteiger partial charge on any atom is -0.491 e. The standard InChI is InChI=1S/C15H16N4O3/c1-11-7-14(21)19-15(16-10-17-19)18(11)8-12(20)9-22-13-5-3-2-4-6-13/h2-7,10,12,20H,8-9H2,1H3. The molecule has 7 nitrogen and oxygen atoms in total. The van der Waals surface area contributed by atoms with Crippen LogP contribution in [0.1, 0.15) is 5.69 Å². The number of aliphatic hydroxyl groups excluding tert-OH is 1. The van der Waals surface area contributed by atoms with Gasteiger partial charge >= 0.3 is 0 Å². The summed E-state index contributed by atoms with van der Waals surface area (Å²) in [7, 11) is 0. The van der Waals surface area contributed by atoms with Crippen molar-refractivity contribution < 1.29 is 9.84 Å². The first kappa shape index (κ1) is 14.3. The number of rotatable bonds is 5. The molecule has 2 heterocycles. The first-order valence-corrected chi connectivity index (χ1v) is 6.91. The van der Waals surface area contributed by atoms with E-state index in [0.29, 0.717) is 17.2 Å². The predicted molar refractivity (Wildman–Crippen MR) is 79.9 cm³/mol. The van der Waals surface area contributed by atoms with Gasteiger partial charge in [0.05, 0.1) is 6.54 Å². The van der Waals surface area contributed by atoms with E-state index in [1.54, 1.807) is 11.5 Å². The summed E-state index contributed by atoms with van der Waals surface area (Å²) >= 11 is 0. The quantitative estimate of drug-likeness (QED) is 0.748. The third kappa shape index (κ3) is 2.84. The SMILES string of the molecule is Cc1cc(=O)n2ncnc2n1CC(O)COc1ccccc1. The highest BCUT2D eigenvalue weighted by Crippen LogP contribution is 2.10. The lowest BCUT2D eigenvalue weighted by molar-refractivity contribution is 0.0925. The van der Waals surface area contributed by atoms with Gasteiger partial charge in [-0.1, -0.05) is 18.2 Å². The summed E-state index contributed by atoms with van der Waals surface area (Å²) in [6.07, 6.45) is 0.585. The van der Waals surface area contributed by atoms with Crippen LogP contribution in [0.3, 0.4) is 0 Å². The largest absolute Gasteiger partial charge is 0.491 e. The van der Waals surface area contributed by atoms with E-state index in [1.807, 2.05) is 30.3 Å². The second-order valence-electron chi connectivity index (χ2n) is 4.98. The van der Waals surface area contributed by atoms with Crippen LogP contribution >= 0.6 is 0 Å². The number of fused-ring (bicyclic) bond motifs is 1. The van der Waals surface area contributed by atoms with Crippen molar-refractivity contribution in [3.05, 3.63) is 58.8 Å². The molecule has 0 fully saturated rings. The van der Waals surface area contributed by atoms with E-state index in [-0.39, 0.29) is 18.7 Å². The van der Waals surface area contributed by atoms with E-state index in [2.05, 4.69) is 10.1 Å². The number of aromatic nitrogens is 4. The molecule has 0 bridgehead atoms. The van der Waals surface area contributed by atoms with Crippen LogP contribution in [0.25, 0.3) is 5.78 Å². The Morgan fingerprint density at radius 2 is 2.09 bits per heavy atom. The van der Waals surface area contributed by atoms with Crippen LogP contribution < -0.4 is 10.3 Å². The summed E-state index contributed by atoms with van der Waals surface area (Å²) in [4.78, 5) is 15.8. The number of hydrogen-bond acceptors (Lipinski definition) is 5. The fraction of sp³-hybridized carbons (Fsp3) is 0.267. The van der Waals surface area contributed by atoms with Gasteiger partial charge in [0.2, 0.25) is 5.78 Å². The number of para-hydroxylation sites is 1. The van der Waals surface area contributed by atoms with Gasteiger partial charge in [-0.2, -0.15) is 14.6 Å². The maximum absolute atomic E-state index is 11.8. The first-order valence-electron chi connectivity index (χ1n) is 6.91. The number of hydrogen-bond donors (Lipinski definition) is 1. The minimum absolute atomic E-state index is 0.149. The van der Waals surface area contributed by atoms with Crippen LogP contribution in [0.2, 0.25) is 0 Å². The monoisotopic (exact) mass is 300 g/mol. The number of benzene rings is 1. The molecule has 1 unspecified atom stereocenters. The summed E-state index contributed by atoms with van der Waals surface area (Å²) in [5.41, 5.74) is 0.473. The molecule has 1 atom stereocenters. The minimum atomic E-state index is -0.734. The van der Waals surface area contributed by atoms with Crippen molar-refractivity contribution in [2.75, 3.05) is 6.61 Å². The highest BCUT2D eigenvalue weighted by molar-refractivity contribution is 5.29. The van der Waals surface area contributed by atoms with Gasteiger partial charge in [-0.15, -0.1) is 0 Å². The molecular formula is C15H16N4O3. The van der Waals surface area contributed by atoms with Crippen molar-refractivity contribution in [2.45, 2.75) is 19.6 Å². The normalized spacial score (nSPS) is 12.5. The molecule has 0 aliphatic carbocycles. The fourth-order valence-electron chi connectivity index (χ4n) is 2.25. The molecule has 0 spiro atoms. The molecule has 0 aliphatic heterocycles. The molecule has 7 heteroatoms. The lowest BCUT2D eigenvalue weighted by atomic mass is 10.3. The van der Waals surface area contributed by atoms with Crippen molar-refractivity contribution in [3.8, 4) is 5.75 Å². The smallest absolute Gasteiger partial charge is 0.275 e. The van der Waals surface area contributed by atoms with Crippen LogP contribution in [0, 0.1) is 6.92 Å². The van der Waals surface area contributed by atoms with E-state index in [4.69, 9.17) is 4.74 Å². The fourth-order valence-corrected chi connectivity index (χ4v) is 2.25. The second-order valence-corrected chi connectivity index (χ2v) is 4.98. The van der Waals surface area contributed by atoms with E-state index in [9.17, 15) is 9.90 Å². The van der Waals surface area contributed by atoms with Gasteiger partial charge in [-0.3, -0.25) is 4.79 Å². The van der Waals surface area contributed by atoms with Crippen LogP contribution in [0.4, 0.5) is 0 Å². The molecule has 1 aromatic carbocycles. The Morgan fingerprint density at radius 3 is 2.86 bits per heavy atom. The first-order chi connectivity index (χ1) is 10.6. The van der Waals surface area contributed by atoms with Crippen LogP contribution in [0.15, 0.2) is 47.5 Å². The number of ether oxygens (including phenoxy) is 1. The zero-order valence-corrected chi connectivity index (χ0v) is 12.1. The summed E-state index contributed by atoms with van der Waals surface area (Å²) in [5.74, 6) is 1.11. The molecule has 0 aliphatic rings. The highest BCUT2D eigenvalue weighted by Gasteiger charge is 2.13. The van der Waals surface area contributed by atoms with Crippen LogP contribution in [0.5, 0.6) is 5.75 Å². The molecule has 0 amide bonds. The molecule has 2 aromatic heterocycles. The average molecular weight is 300 g/mol. The number of aliphatic hydroxyl groups is 1. The molecule has 1 N–H and O–H groups in total. The molecule has 3 rings (SSSR count). The van der Waals surface area contributed by atoms with E-state index in [0.717, 1.165) is 0 Å². The third-order valence-corrected chi connectivity index (χ3v) is 3.32. The number of nitrogens with zero attached hydrogens (tertiary/aromatic N) is 4. The molecule has 0 radical (unpaired) electrons. The molecule has 0 saturated heterocycles. The van der Waals surface area contributed by atoms with E-state index < -0.39 is 6.10 Å². The number of aryl methyl sites for hydroxylation is 1.